The lowest BCUT2D eigenvalue weighted by atomic mass is 9.69. The molecule has 1 saturated carbocycles. The summed E-state index contributed by atoms with van der Waals surface area (Å²) in [6.07, 6.45) is 6.04. The molecule has 0 radical (unpaired) electrons. The number of nitriles is 1. The summed E-state index contributed by atoms with van der Waals surface area (Å²) >= 11 is 0. The molecule has 1 amide bonds. The molecule has 3 aromatic carbocycles. The van der Waals surface area contributed by atoms with Crippen LogP contribution in [-0.4, -0.2) is 35.5 Å². The number of aromatic hydroxyl groups is 1. The number of phenolic OH excluding ortho intramolecular Hbond substituents is 1. The van der Waals surface area contributed by atoms with Crippen LogP contribution in [0, 0.1) is 24.2 Å². The van der Waals surface area contributed by atoms with Gasteiger partial charge in [0, 0.05) is 24.7 Å². The van der Waals surface area contributed by atoms with Gasteiger partial charge in [0.05, 0.1) is 11.6 Å². The summed E-state index contributed by atoms with van der Waals surface area (Å²) in [4.78, 5) is 15.5. The highest BCUT2D eigenvalue weighted by Crippen LogP contribution is 2.41. The molecule has 0 spiro atoms. The Morgan fingerprint density at radius 3 is 2.49 bits per heavy atom. The van der Waals surface area contributed by atoms with Gasteiger partial charge in [-0.15, -0.1) is 0 Å². The van der Waals surface area contributed by atoms with Gasteiger partial charge in [-0.25, -0.2) is 0 Å². The molecule has 2 N–H and O–H groups in total. The number of aryl methyl sites for hydroxylation is 1. The fourth-order valence-electron chi connectivity index (χ4n) is 5.71. The number of benzene rings is 3. The Hall–Kier alpha value is -3.62. The van der Waals surface area contributed by atoms with E-state index in [4.69, 9.17) is 0 Å². The molecule has 190 valence electrons. The number of piperidine rings is 1. The van der Waals surface area contributed by atoms with Crippen LogP contribution in [0.3, 0.4) is 0 Å². The van der Waals surface area contributed by atoms with E-state index >= 15 is 0 Å². The van der Waals surface area contributed by atoms with Crippen LogP contribution in [0.25, 0.3) is 11.1 Å². The third-order valence-corrected chi connectivity index (χ3v) is 8.03. The fourth-order valence-corrected chi connectivity index (χ4v) is 5.71. The summed E-state index contributed by atoms with van der Waals surface area (Å²) in [6.45, 7) is 5.24. The molecule has 5 heteroatoms. The van der Waals surface area contributed by atoms with Gasteiger partial charge < -0.3 is 15.3 Å². The van der Waals surface area contributed by atoms with Gasteiger partial charge >= 0.3 is 0 Å². The van der Waals surface area contributed by atoms with Crippen molar-refractivity contribution >= 4 is 11.6 Å². The van der Waals surface area contributed by atoms with Crippen molar-refractivity contribution in [3.05, 3.63) is 83.4 Å². The van der Waals surface area contributed by atoms with E-state index in [1.807, 2.05) is 37.3 Å². The van der Waals surface area contributed by atoms with Gasteiger partial charge in [-0.1, -0.05) is 36.4 Å². The van der Waals surface area contributed by atoms with Gasteiger partial charge in [0.15, 0.2) is 0 Å². The SMILES string of the molecule is Cc1cc(O)cc(NC(=O)CCC2(c3ccc(-c4cccc(C#N)c4)cc3)CCN(CC3CC3)CC2)c1. The number of hydrogen-bond donors (Lipinski definition) is 2. The summed E-state index contributed by atoms with van der Waals surface area (Å²) in [6, 6.07) is 23.8. The van der Waals surface area contributed by atoms with Crippen molar-refractivity contribution in [2.75, 3.05) is 25.0 Å². The van der Waals surface area contributed by atoms with Crippen LogP contribution in [0.4, 0.5) is 5.69 Å². The smallest absolute Gasteiger partial charge is 0.224 e. The number of likely N-dealkylation sites (tertiary alicyclic amines) is 1. The number of amides is 1. The molecule has 5 nitrogen and oxygen atoms in total. The first-order chi connectivity index (χ1) is 17.9. The summed E-state index contributed by atoms with van der Waals surface area (Å²) in [5.74, 6) is 1.03. The zero-order valence-corrected chi connectivity index (χ0v) is 21.5. The first-order valence-electron chi connectivity index (χ1n) is 13.4. The molecular formula is C32H35N3O2. The van der Waals surface area contributed by atoms with Crippen molar-refractivity contribution in [1.82, 2.24) is 4.90 Å². The van der Waals surface area contributed by atoms with Crippen LogP contribution in [-0.2, 0) is 10.2 Å². The quantitative estimate of drug-likeness (QED) is 0.381. The van der Waals surface area contributed by atoms with Gasteiger partial charge in [0.2, 0.25) is 5.91 Å². The summed E-state index contributed by atoms with van der Waals surface area (Å²) in [7, 11) is 0. The monoisotopic (exact) mass is 493 g/mol. The molecule has 1 saturated heterocycles. The first kappa shape index (κ1) is 25.0. The molecule has 5 rings (SSSR count). The minimum atomic E-state index is -0.0425. The second kappa shape index (κ2) is 10.8. The van der Waals surface area contributed by atoms with E-state index in [1.165, 1.54) is 24.9 Å². The maximum Gasteiger partial charge on any atom is 0.224 e. The van der Waals surface area contributed by atoms with Crippen LogP contribution in [0.1, 0.15) is 55.2 Å². The van der Waals surface area contributed by atoms with Crippen molar-refractivity contribution in [2.24, 2.45) is 5.92 Å². The van der Waals surface area contributed by atoms with Gasteiger partial charge in [-0.2, -0.15) is 5.26 Å². The van der Waals surface area contributed by atoms with Crippen molar-refractivity contribution < 1.29 is 9.90 Å². The molecule has 3 aromatic rings. The lowest BCUT2D eigenvalue weighted by Crippen LogP contribution is -2.43. The van der Waals surface area contributed by atoms with Crippen LogP contribution in [0.5, 0.6) is 5.75 Å². The first-order valence-corrected chi connectivity index (χ1v) is 13.4. The van der Waals surface area contributed by atoms with Crippen LogP contribution in [0.15, 0.2) is 66.7 Å². The molecule has 1 aliphatic heterocycles. The van der Waals surface area contributed by atoms with Gasteiger partial charge in [0.1, 0.15) is 5.75 Å². The topological polar surface area (TPSA) is 76.4 Å². The Bertz CT molecular complexity index is 1280. The van der Waals surface area contributed by atoms with Gasteiger partial charge in [0.25, 0.3) is 0 Å². The second-order valence-electron chi connectivity index (χ2n) is 10.9. The number of carbonyl (C=O) groups is 1. The third-order valence-electron chi connectivity index (χ3n) is 8.03. The number of anilines is 1. The Kier molecular flexibility index (Phi) is 7.30. The van der Waals surface area contributed by atoms with E-state index < -0.39 is 0 Å². The predicted octanol–water partition coefficient (Wildman–Crippen LogP) is 6.40. The Labute approximate surface area is 219 Å². The maximum atomic E-state index is 12.9. The fraction of sp³-hybridized carbons (Fsp3) is 0.375. The zero-order chi connectivity index (χ0) is 25.8. The van der Waals surface area contributed by atoms with E-state index in [2.05, 4.69) is 40.6 Å². The number of carbonyl (C=O) groups excluding carboxylic acids is 1. The normalized spacial score (nSPS) is 17.2. The van der Waals surface area contributed by atoms with Crippen LogP contribution < -0.4 is 5.32 Å². The Morgan fingerprint density at radius 1 is 1.05 bits per heavy atom. The highest BCUT2D eigenvalue weighted by Gasteiger charge is 2.37. The molecule has 37 heavy (non-hydrogen) atoms. The minimum absolute atomic E-state index is 0.0188. The van der Waals surface area contributed by atoms with Gasteiger partial charge in [-0.3, -0.25) is 4.79 Å². The maximum absolute atomic E-state index is 12.9. The largest absolute Gasteiger partial charge is 0.508 e. The molecule has 0 unspecified atom stereocenters. The highest BCUT2D eigenvalue weighted by atomic mass is 16.3. The molecule has 0 aromatic heterocycles. The number of rotatable bonds is 8. The predicted molar refractivity (Wildman–Crippen MR) is 147 cm³/mol. The van der Waals surface area contributed by atoms with Gasteiger partial charge in [-0.05, 0) is 110 Å². The van der Waals surface area contributed by atoms with Crippen LogP contribution >= 0.6 is 0 Å². The number of nitrogens with one attached hydrogen (secondary N) is 1. The average Bonchev–Trinajstić information content (AvgIpc) is 3.72. The van der Waals surface area contributed by atoms with Crippen molar-refractivity contribution in [3.8, 4) is 22.9 Å². The molecule has 1 aliphatic carbocycles. The molecule has 0 bridgehead atoms. The summed E-state index contributed by atoms with van der Waals surface area (Å²) < 4.78 is 0. The summed E-state index contributed by atoms with van der Waals surface area (Å²) in [5.41, 5.74) is 5.60. The van der Waals surface area contributed by atoms with Crippen LogP contribution in [0.2, 0.25) is 0 Å². The Morgan fingerprint density at radius 2 is 1.81 bits per heavy atom. The van der Waals surface area contributed by atoms with Crippen molar-refractivity contribution in [3.63, 3.8) is 0 Å². The summed E-state index contributed by atoms with van der Waals surface area (Å²) in [5, 5.41) is 22.1. The molecule has 2 fully saturated rings. The van der Waals surface area contributed by atoms with E-state index in [-0.39, 0.29) is 17.1 Å². The lowest BCUT2D eigenvalue weighted by Gasteiger charge is -2.42. The minimum Gasteiger partial charge on any atom is -0.508 e. The average molecular weight is 494 g/mol. The second-order valence-corrected chi connectivity index (χ2v) is 10.9. The number of hydrogen-bond acceptors (Lipinski definition) is 4. The number of phenols is 1. The third kappa shape index (κ3) is 6.21. The standard InChI is InChI=1S/C32H35N3O2/c1-23-17-29(20-30(36)18-23)34-31(37)11-12-32(13-15-35(16-14-32)22-24-5-6-24)28-9-7-26(8-10-28)27-4-2-3-25(19-27)21-33/h2-4,7-10,17-20,24,36H,5-6,11-16,22H2,1H3,(H,34,37). The Balaban J connectivity index is 1.32. The highest BCUT2D eigenvalue weighted by molar-refractivity contribution is 5.91. The van der Waals surface area contributed by atoms with Crippen molar-refractivity contribution in [1.29, 1.82) is 5.26 Å². The molecule has 2 aliphatic rings. The molecule has 0 atom stereocenters. The molecular weight excluding hydrogens is 458 g/mol. The van der Waals surface area contributed by atoms with E-state index in [0.717, 1.165) is 55.0 Å². The lowest BCUT2D eigenvalue weighted by molar-refractivity contribution is -0.116. The number of nitrogens with zero attached hydrogens (tertiary/aromatic N) is 2. The van der Waals surface area contributed by atoms with E-state index in [1.54, 1.807) is 12.1 Å². The zero-order valence-electron chi connectivity index (χ0n) is 21.5. The van der Waals surface area contributed by atoms with E-state index in [0.29, 0.717) is 17.7 Å². The van der Waals surface area contributed by atoms with E-state index in [9.17, 15) is 15.2 Å². The molecule has 1 heterocycles. The van der Waals surface area contributed by atoms with Crippen molar-refractivity contribution in [2.45, 2.75) is 50.9 Å².